The van der Waals surface area contributed by atoms with Gasteiger partial charge in [-0.05, 0) is 69.8 Å². The van der Waals surface area contributed by atoms with Crippen molar-refractivity contribution in [2.75, 3.05) is 6.61 Å². The Labute approximate surface area is 211 Å². The quantitative estimate of drug-likeness (QED) is 0.180. The molecule has 0 fully saturated rings. The van der Waals surface area contributed by atoms with Crippen LogP contribution in [0.25, 0.3) is 0 Å². The van der Waals surface area contributed by atoms with Crippen molar-refractivity contribution in [2.45, 2.75) is 47.0 Å². The average molecular weight is 485 g/mol. The molecule has 0 radical (unpaired) electrons. The lowest BCUT2D eigenvalue weighted by molar-refractivity contribution is -0.134. The van der Waals surface area contributed by atoms with Crippen LogP contribution in [0.1, 0.15) is 47.0 Å². The molecule has 0 N–H and O–H groups in total. The van der Waals surface area contributed by atoms with Gasteiger partial charge in [-0.15, -0.1) is 0 Å². The fraction of sp³-hybridized carbons (Fsp3) is 0.250. The molecule has 0 aliphatic carbocycles. The number of esters is 1. The highest BCUT2D eigenvalue weighted by Gasteiger charge is 2.33. The van der Waals surface area contributed by atoms with Crippen molar-refractivity contribution in [1.29, 1.82) is 0 Å². The summed E-state index contributed by atoms with van der Waals surface area (Å²) in [6.07, 6.45) is 7.05. The molecule has 0 saturated heterocycles. The number of carbonyl (C=O) groups excluding carboxylic acids is 1. The van der Waals surface area contributed by atoms with Crippen LogP contribution in [0.2, 0.25) is 0 Å². The predicted molar refractivity (Wildman–Crippen MR) is 154 cm³/mol. The summed E-state index contributed by atoms with van der Waals surface area (Å²) >= 11 is 0. The molecule has 0 aliphatic rings. The van der Waals surface area contributed by atoms with Crippen LogP contribution in [0, 0.1) is 0 Å². The molecule has 3 aromatic rings. The summed E-state index contributed by atoms with van der Waals surface area (Å²) in [5.41, 5.74) is 2.62. The molecule has 0 aliphatic heterocycles. The van der Waals surface area contributed by atoms with Gasteiger partial charge in [-0.3, -0.25) is 0 Å². The Kier molecular flexibility index (Phi) is 9.94. The second kappa shape index (κ2) is 13.1. The van der Waals surface area contributed by atoms with Crippen molar-refractivity contribution in [1.82, 2.24) is 0 Å². The molecule has 35 heavy (non-hydrogen) atoms. The summed E-state index contributed by atoms with van der Waals surface area (Å²) in [7, 11) is 0. The van der Waals surface area contributed by atoms with E-state index in [1.54, 1.807) is 0 Å². The molecule has 2 nitrogen and oxygen atoms in total. The zero-order valence-corrected chi connectivity index (χ0v) is 22.3. The summed E-state index contributed by atoms with van der Waals surface area (Å²) in [6.45, 7) is 6.19. The Hall–Kier alpha value is -3.09. The molecule has 0 heterocycles. The summed E-state index contributed by atoms with van der Waals surface area (Å²) < 4.78 is 5.73. The number of hydrogen-bond donors (Lipinski definition) is 0. The first-order chi connectivity index (χ1) is 17.0. The molecule has 0 unspecified atom stereocenters. The van der Waals surface area contributed by atoms with Gasteiger partial charge >= 0.3 is 5.97 Å². The van der Waals surface area contributed by atoms with Crippen LogP contribution in [0.15, 0.2) is 114 Å². The third-order valence-electron chi connectivity index (χ3n) is 6.08. The lowest BCUT2D eigenvalue weighted by atomic mass is 10.1. The van der Waals surface area contributed by atoms with E-state index in [1.807, 2.05) is 25.1 Å². The highest BCUT2D eigenvalue weighted by atomic mass is 31.2. The van der Waals surface area contributed by atoms with E-state index >= 15 is 0 Å². The number of hydrogen-bond acceptors (Lipinski definition) is 2. The molecular weight excluding hydrogens is 447 g/mol. The summed E-state index contributed by atoms with van der Waals surface area (Å²) in [4.78, 5) is 13.8. The smallest absolute Gasteiger partial charge is 0.335 e. The first-order valence-corrected chi connectivity index (χ1v) is 14.2. The van der Waals surface area contributed by atoms with E-state index in [0.717, 1.165) is 34.0 Å². The van der Waals surface area contributed by atoms with Gasteiger partial charge in [0.2, 0.25) is 0 Å². The van der Waals surface area contributed by atoms with Crippen LogP contribution in [0.4, 0.5) is 0 Å². The van der Waals surface area contributed by atoms with E-state index in [-0.39, 0.29) is 5.97 Å². The van der Waals surface area contributed by atoms with Gasteiger partial charge in [0.05, 0.1) is 11.9 Å². The molecule has 0 saturated carbocycles. The first kappa shape index (κ1) is 26.5. The standard InChI is InChI=1S/C32H37O2P/c1-5-34-32(33)31(25-24-27(4)17-15-16-26(2)3)35(28-18-9-6-10-19-28,29-20-11-7-12-21-29)30-22-13-8-14-23-30/h6-14,16,18-24H,5,15,17,25H2,1-4H3/b27-24+. The maximum Gasteiger partial charge on any atom is 0.335 e. The molecule has 0 atom stereocenters. The Bertz CT molecular complexity index is 1100. The van der Waals surface area contributed by atoms with E-state index in [0.29, 0.717) is 13.0 Å². The summed E-state index contributed by atoms with van der Waals surface area (Å²) in [6, 6.07) is 31.5. The second-order valence-electron chi connectivity index (χ2n) is 8.92. The van der Waals surface area contributed by atoms with Gasteiger partial charge in [-0.25, -0.2) is 4.79 Å². The fourth-order valence-corrected chi connectivity index (χ4v) is 8.79. The van der Waals surface area contributed by atoms with Gasteiger partial charge in [0.25, 0.3) is 0 Å². The Morgan fingerprint density at radius 1 is 0.743 bits per heavy atom. The number of benzene rings is 3. The zero-order valence-electron chi connectivity index (χ0n) is 21.4. The monoisotopic (exact) mass is 484 g/mol. The van der Waals surface area contributed by atoms with Crippen LogP contribution in [-0.4, -0.2) is 17.9 Å². The van der Waals surface area contributed by atoms with Gasteiger partial charge < -0.3 is 4.74 Å². The highest BCUT2D eigenvalue weighted by molar-refractivity contribution is 7.96. The minimum atomic E-state index is -2.46. The third kappa shape index (κ3) is 6.53. The van der Waals surface area contributed by atoms with Gasteiger partial charge in [-0.2, -0.15) is 0 Å². The van der Waals surface area contributed by atoms with Crippen LogP contribution < -0.4 is 15.9 Å². The summed E-state index contributed by atoms with van der Waals surface area (Å²) in [5, 5.41) is 4.33. The largest absolute Gasteiger partial charge is 0.463 e. The molecule has 0 spiro atoms. The zero-order chi connectivity index (χ0) is 25.1. The fourth-order valence-electron chi connectivity index (χ4n) is 4.40. The molecule has 3 heteroatoms. The molecule has 3 rings (SSSR count). The van der Waals surface area contributed by atoms with Crippen molar-refractivity contribution in [3.63, 3.8) is 0 Å². The maximum absolute atomic E-state index is 13.8. The van der Waals surface area contributed by atoms with E-state index in [4.69, 9.17) is 4.74 Å². The van der Waals surface area contributed by atoms with Gasteiger partial charge in [0.15, 0.2) is 0 Å². The second-order valence-corrected chi connectivity index (χ2v) is 12.4. The maximum atomic E-state index is 13.8. The summed E-state index contributed by atoms with van der Waals surface area (Å²) in [5.74, 6) is -0.203. The van der Waals surface area contributed by atoms with Crippen molar-refractivity contribution in [3.05, 3.63) is 114 Å². The molecule has 0 bridgehead atoms. The van der Waals surface area contributed by atoms with Crippen LogP contribution in [0.5, 0.6) is 0 Å². The molecular formula is C32H37O2P. The predicted octanol–water partition coefficient (Wildman–Crippen LogP) is 6.80. The Balaban J connectivity index is 2.36. The van der Waals surface area contributed by atoms with E-state index in [1.165, 1.54) is 11.1 Å². The normalized spacial score (nSPS) is 11.6. The van der Waals surface area contributed by atoms with Crippen molar-refractivity contribution in [3.8, 4) is 0 Å². The van der Waals surface area contributed by atoms with Crippen LogP contribution in [-0.2, 0) is 9.53 Å². The Morgan fingerprint density at radius 2 is 1.20 bits per heavy atom. The molecule has 182 valence electrons. The average Bonchev–Trinajstić information content (AvgIpc) is 2.88. The van der Waals surface area contributed by atoms with E-state index in [9.17, 15) is 4.79 Å². The molecule has 3 aromatic carbocycles. The minimum absolute atomic E-state index is 0.203. The first-order valence-electron chi connectivity index (χ1n) is 12.4. The van der Waals surface area contributed by atoms with E-state index in [2.05, 4.69) is 106 Å². The highest BCUT2D eigenvalue weighted by Crippen LogP contribution is 2.47. The van der Waals surface area contributed by atoms with Crippen molar-refractivity contribution < 1.29 is 9.53 Å². The number of ether oxygens (including phenoxy) is 1. The lowest BCUT2D eigenvalue weighted by Crippen LogP contribution is -2.34. The van der Waals surface area contributed by atoms with Gasteiger partial charge in [0, 0.05) is 0 Å². The third-order valence-corrected chi connectivity index (χ3v) is 10.5. The van der Waals surface area contributed by atoms with Gasteiger partial charge in [-0.1, -0.05) is 114 Å². The van der Waals surface area contributed by atoms with Gasteiger partial charge in [0.1, 0.15) is 0 Å². The van der Waals surface area contributed by atoms with Crippen molar-refractivity contribution in [2.24, 2.45) is 0 Å². The number of allylic oxidation sites excluding steroid dienone is 4. The topological polar surface area (TPSA) is 26.3 Å². The van der Waals surface area contributed by atoms with E-state index < -0.39 is 6.89 Å². The van der Waals surface area contributed by atoms with Crippen LogP contribution in [0.3, 0.4) is 0 Å². The SMILES string of the molecule is CCOC(=O)C(C/C=C(\C)CCC=C(C)C)=P(c1ccccc1)(c1ccccc1)c1ccccc1. The molecule has 0 aromatic heterocycles. The van der Waals surface area contributed by atoms with Crippen molar-refractivity contribution >= 4 is 34.1 Å². The number of carbonyl (C=O) groups is 1. The Morgan fingerprint density at radius 3 is 1.60 bits per heavy atom. The molecule has 0 amide bonds. The lowest BCUT2D eigenvalue weighted by Gasteiger charge is -2.32. The number of rotatable bonds is 10. The van der Waals surface area contributed by atoms with Crippen LogP contribution >= 0.6 is 6.89 Å². The minimum Gasteiger partial charge on any atom is -0.463 e.